The lowest BCUT2D eigenvalue weighted by molar-refractivity contribution is -0.113. The summed E-state index contributed by atoms with van der Waals surface area (Å²) in [5.41, 5.74) is 2.70. The van der Waals surface area contributed by atoms with Crippen molar-refractivity contribution in [1.82, 2.24) is 14.8 Å². The van der Waals surface area contributed by atoms with E-state index in [0.717, 1.165) is 16.9 Å². The van der Waals surface area contributed by atoms with Gasteiger partial charge in [0.15, 0.2) is 11.0 Å². The minimum atomic E-state index is -0.645. The number of carbonyl (C=O) groups is 3. The number of nitrogens with zero attached hydrogens (tertiary/aromatic N) is 3. The van der Waals surface area contributed by atoms with Gasteiger partial charge in [-0.05, 0) is 24.0 Å². The van der Waals surface area contributed by atoms with Gasteiger partial charge < -0.3 is 19.4 Å². The summed E-state index contributed by atoms with van der Waals surface area (Å²) in [6.45, 7) is 5.88. The highest BCUT2D eigenvalue weighted by atomic mass is 32.2. The summed E-state index contributed by atoms with van der Waals surface area (Å²) in [4.78, 5) is 37.1. The van der Waals surface area contributed by atoms with E-state index >= 15 is 0 Å². The Morgan fingerprint density at radius 3 is 2.32 bits per heavy atom. The number of hydrogen-bond acceptors (Lipinski definition) is 9. The van der Waals surface area contributed by atoms with E-state index in [2.05, 4.69) is 41.5 Å². The van der Waals surface area contributed by atoms with Gasteiger partial charge in [0.25, 0.3) is 0 Å². The second kappa shape index (κ2) is 10.8. The lowest BCUT2D eigenvalue weighted by Crippen LogP contribution is -2.16. The molecule has 2 aromatic heterocycles. The first kappa shape index (κ1) is 25.4. The predicted octanol–water partition coefficient (Wildman–Crippen LogP) is 4.28. The van der Waals surface area contributed by atoms with Crippen molar-refractivity contribution >= 4 is 45.9 Å². The molecular weight excluding hydrogens is 476 g/mol. The van der Waals surface area contributed by atoms with Crippen LogP contribution in [0.15, 0.2) is 29.4 Å². The molecule has 0 unspecified atom stereocenters. The van der Waals surface area contributed by atoms with Crippen molar-refractivity contribution in [3.63, 3.8) is 0 Å². The first-order chi connectivity index (χ1) is 16.2. The number of hydrogen-bond donors (Lipinski definition) is 1. The Morgan fingerprint density at radius 2 is 1.74 bits per heavy atom. The van der Waals surface area contributed by atoms with E-state index in [1.54, 1.807) is 6.92 Å². The number of esters is 2. The molecule has 1 aromatic carbocycles. The van der Waals surface area contributed by atoms with Crippen molar-refractivity contribution in [3.05, 3.63) is 45.8 Å². The molecule has 0 aliphatic rings. The molecule has 1 amide bonds. The quantitative estimate of drug-likeness (QED) is 0.359. The highest BCUT2D eigenvalue weighted by molar-refractivity contribution is 7.99. The van der Waals surface area contributed by atoms with E-state index in [-0.39, 0.29) is 27.1 Å². The van der Waals surface area contributed by atoms with Crippen molar-refractivity contribution in [3.8, 4) is 11.4 Å². The third kappa shape index (κ3) is 5.31. The highest BCUT2D eigenvalue weighted by Gasteiger charge is 2.27. The molecule has 0 bridgehead atoms. The molecule has 0 radical (unpaired) electrons. The molecule has 3 rings (SSSR count). The fraction of sp³-hybridized carbons (Fsp3) is 0.348. The van der Waals surface area contributed by atoms with E-state index in [1.807, 2.05) is 23.7 Å². The van der Waals surface area contributed by atoms with Gasteiger partial charge in [-0.25, -0.2) is 9.59 Å². The Morgan fingerprint density at radius 1 is 1.09 bits per heavy atom. The van der Waals surface area contributed by atoms with Crippen LogP contribution < -0.4 is 5.32 Å². The van der Waals surface area contributed by atoms with Gasteiger partial charge >= 0.3 is 11.9 Å². The molecule has 0 saturated heterocycles. The Kier molecular flexibility index (Phi) is 8.11. The van der Waals surface area contributed by atoms with Crippen LogP contribution in [0.4, 0.5) is 5.00 Å². The maximum absolute atomic E-state index is 12.6. The zero-order chi connectivity index (χ0) is 25.0. The number of thioether (sulfide) groups is 1. The van der Waals surface area contributed by atoms with Crippen LogP contribution in [-0.2, 0) is 21.3 Å². The predicted molar refractivity (Wildman–Crippen MR) is 132 cm³/mol. The fourth-order valence-corrected chi connectivity index (χ4v) is 5.08. The minimum Gasteiger partial charge on any atom is -0.465 e. The monoisotopic (exact) mass is 502 g/mol. The van der Waals surface area contributed by atoms with E-state index in [9.17, 15) is 14.4 Å². The Balaban J connectivity index is 1.72. The average molecular weight is 503 g/mol. The molecule has 0 aliphatic carbocycles. The summed E-state index contributed by atoms with van der Waals surface area (Å²) >= 11 is 2.18. The summed E-state index contributed by atoms with van der Waals surface area (Å²) < 4.78 is 11.4. The normalized spacial score (nSPS) is 10.9. The third-order valence-corrected chi connectivity index (χ3v) is 7.37. The van der Waals surface area contributed by atoms with Gasteiger partial charge in [-0.2, -0.15) is 0 Å². The molecule has 9 nitrogen and oxygen atoms in total. The maximum atomic E-state index is 12.6. The lowest BCUT2D eigenvalue weighted by atomic mass is 10.0. The maximum Gasteiger partial charge on any atom is 0.348 e. The Labute approximate surface area is 205 Å². The molecule has 1 N–H and O–H groups in total. The number of benzene rings is 1. The molecule has 34 heavy (non-hydrogen) atoms. The van der Waals surface area contributed by atoms with Gasteiger partial charge in [-0.15, -0.1) is 21.5 Å². The molecule has 0 saturated carbocycles. The number of carbonyl (C=O) groups excluding carboxylic acids is 3. The molecule has 3 aromatic rings. The largest absolute Gasteiger partial charge is 0.465 e. The van der Waals surface area contributed by atoms with Crippen molar-refractivity contribution in [1.29, 1.82) is 0 Å². The molecule has 180 valence electrons. The topological polar surface area (TPSA) is 112 Å². The molecule has 0 spiro atoms. The van der Waals surface area contributed by atoms with Crippen molar-refractivity contribution in [2.24, 2.45) is 7.05 Å². The van der Waals surface area contributed by atoms with Gasteiger partial charge in [0.2, 0.25) is 5.91 Å². The van der Waals surface area contributed by atoms with Gasteiger partial charge in [-0.3, -0.25) is 4.79 Å². The van der Waals surface area contributed by atoms with Gasteiger partial charge in [0.1, 0.15) is 9.88 Å². The van der Waals surface area contributed by atoms with Crippen molar-refractivity contribution in [2.45, 2.75) is 31.8 Å². The van der Waals surface area contributed by atoms with E-state index < -0.39 is 11.9 Å². The number of ether oxygens (including phenoxy) is 2. The standard InChI is InChI=1S/C23H26N4O5S2/c1-12(2)14-7-9-15(10-8-14)19-25-26-23(27(19)4)33-11-16(28)24-20-17(21(29)31-5)13(3)18(34-20)22(30)32-6/h7-10,12H,11H2,1-6H3,(H,24,28). The average Bonchev–Trinajstić information content (AvgIpc) is 3.35. The first-order valence-corrected chi connectivity index (χ1v) is 12.2. The highest BCUT2D eigenvalue weighted by Crippen LogP contribution is 2.34. The number of aromatic nitrogens is 3. The van der Waals surface area contributed by atoms with Crippen molar-refractivity contribution in [2.75, 3.05) is 25.3 Å². The molecule has 0 aliphatic heterocycles. The Hall–Kier alpha value is -3.18. The number of amides is 1. The number of anilines is 1. The van der Waals surface area contributed by atoms with Gasteiger partial charge in [0.05, 0.1) is 25.5 Å². The van der Waals surface area contributed by atoms with Crippen LogP contribution >= 0.6 is 23.1 Å². The molecule has 2 heterocycles. The molecule has 0 atom stereocenters. The van der Waals surface area contributed by atoms with Gasteiger partial charge in [0, 0.05) is 12.6 Å². The van der Waals surface area contributed by atoms with Crippen LogP contribution in [0, 0.1) is 6.92 Å². The first-order valence-electron chi connectivity index (χ1n) is 10.4. The number of nitrogens with one attached hydrogen (secondary N) is 1. The SMILES string of the molecule is COC(=O)c1sc(NC(=O)CSc2nnc(-c3ccc(C(C)C)cc3)n2C)c(C(=O)OC)c1C. The second-order valence-electron chi connectivity index (χ2n) is 7.72. The third-order valence-electron chi connectivity index (χ3n) is 5.16. The summed E-state index contributed by atoms with van der Waals surface area (Å²) in [7, 11) is 4.33. The zero-order valence-electron chi connectivity index (χ0n) is 19.8. The molecule has 11 heteroatoms. The lowest BCUT2D eigenvalue weighted by Gasteiger charge is -2.08. The summed E-state index contributed by atoms with van der Waals surface area (Å²) in [6.07, 6.45) is 0. The zero-order valence-corrected chi connectivity index (χ0v) is 21.4. The van der Waals surface area contributed by atoms with Crippen LogP contribution in [0.5, 0.6) is 0 Å². The Bertz CT molecular complexity index is 1210. The second-order valence-corrected chi connectivity index (χ2v) is 9.69. The molecule has 0 fully saturated rings. The van der Waals surface area contributed by atoms with Crippen LogP contribution in [0.1, 0.15) is 50.9 Å². The summed E-state index contributed by atoms with van der Waals surface area (Å²) in [5.74, 6) is -0.428. The van der Waals surface area contributed by atoms with Gasteiger partial charge in [-0.1, -0.05) is 49.9 Å². The summed E-state index contributed by atoms with van der Waals surface area (Å²) in [5, 5.41) is 12.0. The minimum absolute atomic E-state index is 0.0311. The van der Waals surface area contributed by atoms with Crippen LogP contribution in [0.3, 0.4) is 0 Å². The van der Waals surface area contributed by atoms with E-state index in [4.69, 9.17) is 9.47 Å². The van der Waals surface area contributed by atoms with Crippen LogP contribution in [0.2, 0.25) is 0 Å². The smallest absolute Gasteiger partial charge is 0.348 e. The molecular formula is C23H26N4O5S2. The summed E-state index contributed by atoms with van der Waals surface area (Å²) in [6, 6.07) is 8.15. The van der Waals surface area contributed by atoms with Crippen LogP contribution in [0.25, 0.3) is 11.4 Å². The number of rotatable bonds is 8. The fourth-order valence-electron chi connectivity index (χ4n) is 3.24. The number of thiophene rings is 1. The van der Waals surface area contributed by atoms with E-state index in [1.165, 1.54) is 31.5 Å². The van der Waals surface area contributed by atoms with Crippen molar-refractivity contribution < 1.29 is 23.9 Å². The van der Waals surface area contributed by atoms with E-state index in [0.29, 0.717) is 22.5 Å². The van der Waals surface area contributed by atoms with Crippen LogP contribution in [-0.4, -0.2) is 52.6 Å². The number of methoxy groups -OCH3 is 2.